The number of anilines is 1. The predicted octanol–water partition coefficient (Wildman–Crippen LogP) is 4.03. The number of rotatable bonds is 4. The summed E-state index contributed by atoms with van der Waals surface area (Å²) in [6.07, 6.45) is 4.70. The van der Waals surface area contributed by atoms with Crippen molar-refractivity contribution >= 4 is 32.3 Å². The molecule has 1 fully saturated rings. The van der Waals surface area contributed by atoms with Crippen molar-refractivity contribution in [3.8, 4) is 17.2 Å². The molecule has 0 amide bonds. The summed E-state index contributed by atoms with van der Waals surface area (Å²) in [6, 6.07) is 14.8. The second-order valence-corrected chi connectivity index (χ2v) is 9.10. The van der Waals surface area contributed by atoms with Gasteiger partial charge in [-0.15, -0.1) is 0 Å². The first-order valence-corrected chi connectivity index (χ1v) is 10.9. The number of hydrogen-bond donors (Lipinski definition) is 1. The van der Waals surface area contributed by atoms with Gasteiger partial charge >= 0.3 is 0 Å². The molecule has 1 aliphatic carbocycles. The van der Waals surface area contributed by atoms with Gasteiger partial charge in [-0.05, 0) is 35.9 Å². The van der Waals surface area contributed by atoms with Crippen molar-refractivity contribution in [1.29, 1.82) is 5.26 Å². The number of ketones is 1. The van der Waals surface area contributed by atoms with E-state index in [2.05, 4.69) is 15.8 Å². The summed E-state index contributed by atoms with van der Waals surface area (Å²) in [6.45, 7) is 0. The highest BCUT2D eigenvalue weighted by atomic mass is 32.2. The molecule has 29 heavy (non-hydrogen) atoms. The summed E-state index contributed by atoms with van der Waals surface area (Å²) in [5.74, 6) is -0.0142. The molecule has 0 radical (unpaired) electrons. The third-order valence-electron chi connectivity index (χ3n) is 5.28. The molecule has 1 unspecified atom stereocenters. The molecule has 0 spiro atoms. The fraction of sp³-hybridized carbons (Fsp3) is 0.227. The molecule has 0 bridgehead atoms. The van der Waals surface area contributed by atoms with Crippen LogP contribution in [0.15, 0.2) is 54.9 Å². The van der Waals surface area contributed by atoms with Crippen LogP contribution in [0.2, 0.25) is 0 Å². The number of sulfonamides is 1. The second kappa shape index (κ2) is 7.64. The van der Waals surface area contributed by atoms with Crippen LogP contribution in [0.4, 0.5) is 5.69 Å². The summed E-state index contributed by atoms with van der Waals surface area (Å²) < 4.78 is 28.5. The molecule has 1 aliphatic rings. The van der Waals surface area contributed by atoms with Gasteiger partial charge in [0, 0.05) is 36.2 Å². The molecule has 1 N–H and O–H groups in total. The topological polar surface area (TPSA) is 99.9 Å². The van der Waals surface area contributed by atoms with Crippen molar-refractivity contribution in [2.24, 2.45) is 0 Å². The number of nitrogens with one attached hydrogen (secondary N) is 1. The molecule has 1 aromatic heterocycles. The van der Waals surface area contributed by atoms with Crippen molar-refractivity contribution in [3.63, 3.8) is 0 Å². The Balaban J connectivity index is 1.78. The van der Waals surface area contributed by atoms with Gasteiger partial charge in [-0.2, -0.15) is 5.26 Å². The Labute approximate surface area is 169 Å². The maximum atomic E-state index is 12.9. The van der Waals surface area contributed by atoms with Gasteiger partial charge in [0.1, 0.15) is 5.78 Å². The lowest BCUT2D eigenvalue weighted by molar-refractivity contribution is -0.120. The Morgan fingerprint density at radius 1 is 1.07 bits per heavy atom. The number of carbonyl (C=O) groups excluding carboxylic acids is 1. The normalized spacial score (nSPS) is 17.1. The SMILES string of the molecule is N#Cc1ccc(-c2cnccc2NS(=O)(=O)C2CCCC(=O)C2)c2ccccc12. The highest BCUT2D eigenvalue weighted by Gasteiger charge is 2.31. The maximum Gasteiger partial charge on any atom is 0.236 e. The highest BCUT2D eigenvalue weighted by Crippen LogP contribution is 2.35. The molecule has 146 valence electrons. The lowest BCUT2D eigenvalue weighted by atomic mass is 9.95. The fourth-order valence-electron chi connectivity index (χ4n) is 3.82. The van der Waals surface area contributed by atoms with Crippen LogP contribution in [0.3, 0.4) is 0 Å². The van der Waals surface area contributed by atoms with E-state index in [9.17, 15) is 18.5 Å². The van der Waals surface area contributed by atoms with Crippen LogP contribution in [0.5, 0.6) is 0 Å². The Hall–Kier alpha value is -3.24. The van der Waals surface area contributed by atoms with Crippen LogP contribution < -0.4 is 4.72 Å². The van der Waals surface area contributed by atoms with E-state index in [4.69, 9.17) is 0 Å². The number of fused-ring (bicyclic) bond motifs is 1. The first-order valence-electron chi connectivity index (χ1n) is 9.39. The van der Waals surface area contributed by atoms with E-state index in [1.165, 1.54) is 6.20 Å². The summed E-state index contributed by atoms with van der Waals surface area (Å²) in [7, 11) is -3.72. The molecular formula is C22H19N3O3S. The number of carbonyl (C=O) groups is 1. The first kappa shape index (κ1) is 19.1. The van der Waals surface area contributed by atoms with Gasteiger partial charge in [-0.3, -0.25) is 14.5 Å². The van der Waals surface area contributed by atoms with Gasteiger partial charge in [0.2, 0.25) is 10.0 Å². The van der Waals surface area contributed by atoms with E-state index in [-0.39, 0.29) is 12.2 Å². The number of benzene rings is 2. The van der Waals surface area contributed by atoms with E-state index in [1.54, 1.807) is 24.4 Å². The van der Waals surface area contributed by atoms with E-state index < -0.39 is 15.3 Å². The van der Waals surface area contributed by atoms with Gasteiger partial charge in [0.25, 0.3) is 0 Å². The third-order valence-corrected chi connectivity index (χ3v) is 7.07. The largest absolute Gasteiger partial charge is 0.300 e. The summed E-state index contributed by atoms with van der Waals surface area (Å²) in [4.78, 5) is 15.9. The van der Waals surface area contributed by atoms with Crippen LogP contribution in [0, 0.1) is 11.3 Å². The predicted molar refractivity (Wildman–Crippen MR) is 112 cm³/mol. The smallest absolute Gasteiger partial charge is 0.236 e. The minimum atomic E-state index is -3.72. The lowest BCUT2D eigenvalue weighted by Crippen LogP contribution is -2.33. The van der Waals surface area contributed by atoms with Gasteiger partial charge < -0.3 is 0 Å². The Morgan fingerprint density at radius 3 is 2.62 bits per heavy atom. The average molecular weight is 405 g/mol. The van der Waals surface area contributed by atoms with E-state index in [1.807, 2.05) is 24.3 Å². The van der Waals surface area contributed by atoms with Crippen LogP contribution in [0.25, 0.3) is 21.9 Å². The molecular weight excluding hydrogens is 386 g/mol. The molecule has 1 saturated carbocycles. The molecule has 4 rings (SSSR count). The van der Waals surface area contributed by atoms with Gasteiger partial charge in [-0.1, -0.05) is 30.3 Å². The standard InChI is InChI=1S/C22H19N3O3S/c23-13-15-8-9-20(19-7-2-1-6-18(15)19)21-14-24-11-10-22(21)25-29(27,28)17-5-3-4-16(26)12-17/h1-2,6-11,14,17H,3-5,12H2,(H,24,25). The summed E-state index contributed by atoms with van der Waals surface area (Å²) in [5, 5.41) is 10.3. The van der Waals surface area contributed by atoms with Gasteiger partial charge in [0.05, 0.1) is 22.6 Å². The monoisotopic (exact) mass is 405 g/mol. The zero-order valence-electron chi connectivity index (χ0n) is 15.6. The van der Waals surface area contributed by atoms with Crippen LogP contribution in [-0.4, -0.2) is 24.4 Å². The van der Waals surface area contributed by atoms with Gasteiger partial charge in [0.15, 0.2) is 0 Å². The Kier molecular flexibility index (Phi) is 5.03. The molecule has 1 heterocycles. The number of aromatic nitrogens is 1. The van der Waals surface area contributed by atoms with E-state index in [0.29, 0.717) is 36.1 Å². The van der Waals surface area contributed by atoms with Crippen molar-refractivity contribution in [1.82, 2.24) is 4.98 Å². The van der Waals surface area contributed by atoms with Crippen molar-refractivity contribution in [3.05, 3.63) is 60.4 Å². The number of Topliss-reactive ketones (excluding diaryl/α,β-unsaturated/α-hetero) is 1. The van der Waals surface area contributed by atoms with Crippen LogP contribution >= 0.6 is 0 Å². The van der Waals surface area contributed by atoms with Crippen LogP contribution in [-0.2, 0) is 14.8 Å². The zero-order chi connectivity index (χ0) is 20.4. The molecule has 0 saturated heterocycles. The van der Waals surface area contributed by atoms with Crippen LogP contribution in [0.1, 0.15) is 31.2 Å². The minimum Gasteiger partial charge on any atom is -0.300 e. The number of nitriles is 1. The molecule has 7 heteroatoms. The second-order valence-electron chi connectivity index (χ2n) is 7.14. The fourth-order valence-corrected chi connectivity index (χ4v) is 5.35. The maximum absolute atomic E-state index is 12.9. The number of pyridine rings is 1. The van der Waals surface area contributed by atoms with E-state index >= 15 is 0 Å². The van der Waals surface area contributed by atoms with E-state index in [0.717, 1.165) is 16.3 Å². The molecule has 1 atom stereocenters. The highest BCUT2D eigenvalue weighted by molar-refractivity contribution is 7.93. The van der Waals surface area contributed by atoms with Gasteiger partial charge in [-0.25, -0.2) is 8.42 Å². The molecule has 0 aliphatic heterocycles. The average Bonchev–Trinajstić information content (AvgIpc) is 2.73. The zero-order valence-corrected chi connectivity index (χ0v) is 16.4. The summed E-state index contributed by atoms with van der Waals surface area (Å²) in [5.41, 5.74) is 2.37. The Morgan fingerprint density at radius 2 is 1.86 bits per heavy atom. The number of hydrogen-bond acceptors (Lipinski definition) is 5. The number of nitrogens with zero attached hydrogens (tertiary/aromatic N) is 2. The van der Waals surface area contributed by atoms with Crippen molar-refractivity contribution < 1.29 is 13.2 Å². The summed E-state index contributed by atoms with van der Waals surface area (Å²) >= 11 is 0. The Bertz CT molecular complexity index is 1250. The van der Waals surface area contributed by atoms with Crippen molar-refractivity contribution in [2.75, 3.05) is 4.72 Å². The molecule has 3 aromatic rings. The quantitative estimate of drug-likeness (QED) is 0.706. The minimum absolute atomic E-state index is 0.0142. The molecule has 2 aromatic carbocycles. The first-order chi connectivity index (χ1) is 14.0. The molecule has 6 nitrogen and oxygen atoms in total. The lowest BCUT2D eigenvalue weighted by Gasteiger charge is -2.22. The third kappa shape index (κ3) is 3.71. The van der Waals surface area contributed by atoms with Crippen molar-refractivity contribution in [2.45, 2.75) is 30.9 Å².